The third-order valence-corrected chi connectivity index (χ3v) is 4.01. The minimum atomic E-state index is 0.327. The lowest BCUT2D eigenvalue weighted by Gasteiger charge is -2.42. The first-order chi connectivity index (χ1) is 8.63. The average Bonchev–Trinajstić information content (AvgIpc) is 2.37. The summed E-state index contributed by atoms with van der Waals surface area (Å²) in [7, 11) is 0. The topological polar surface area (TPSA) is 24.5 Å². The van der Waals surface area contributed by atoms with Crippen molar-refractivity contribution in [2.45, 2.75) is 53.0 Å². The average molecular weight is 256 g/mol. The van der Waals surface area contributed by atoms with Gasteiger partial charge in [-0.05, 0) is 46.2 Å². The molecule has 1 unspecified atom stereocenters. The minimum Gasteiger partial charge on any atom is -0.381 e. The fraction of sp³-hybridized carbons (Fsp3) is 1.00. The number of hydrogen-bond donors (Lipinski definition) is 1. The molecular weight excluding hydrogens is 224 g/mol. The summed E-state index contributed by atoms with van der Waals surface area (Å²) in [5.41, 5.74) is 0.327. The molecule has 0 bridgehead atoms. The Morgan fingerprint density at radius 3 is 2.61 bits per heavy atom. The molecule has 0 aliphatic carbocycles. The van der Waals surface area contributed by atoms with Crippen molar-refractivity contribution in [1.82, 2.24) is 10.2 Å². The largest absolute Gasteiger partial charge is 0.381 e. The van der Waals surface area contributed by atoms with E-state index in [1.54, 1.807) is 0 Å². The van der Waals surface area contributed by atoms with Gasteiger partial charge in [0, 0.05) is 31.2 Å². The van der Waals surface area contributed by atoms with Gasteiger partial charge < -0.3 is 15.0 Å². The van der Waals surface area contributed by atoms with Crippen LogP contribution in [0.4, 0.5) is 0 Å². The van der Waals surface area contributed by atoms with Crippen LogP contribution in [0.5, 0.6) is 0 Å². The first-order valence-corrected chi connectivity index (χ1v) is 7.66. The summed E-state index contributed by atoms with van der Waals surface area (Å²) in [5.74, 6) is 0. The van der Waals surface area contributed by atoms with Gasteiger partial charge in [-0.2, -0.15) is 0 Å². The predicted molar refractivity (Wildman–Crippen MR) is 78.0 cm³/mol. The number of nitrogens with zero attached hydrogens (tertiary/aromatic N) is 1. The lowest BCUT2D eigenvalue weighted by atomic mass is 9.81. The Kier molecular flexibility index (Phi) is 7.20. The molecule has 18 heavy (non-hydrogen) atoms. The van der Waals surface area contributed by atoms with Crippen LogP contribution >= 0.6 is 0 Å². The van der Waals surface area contributed by atoms with E-state index in [0.717, 1.165) is 39.4 Å². The molecule has 1 atom stereocenters. The van der Waals surface area contributed by atoms with Gasteiger partial charge in [-0.15, -0.1) is 0 Å². The fourth-order valence-electron chi connectivity index (χ4n) is 2.85. The number of ether oxygens (including phenoxy) is 1. The molecule has 0 radical (unpaired) electrons. The Morgan fingerprint density at radius 2 is 2.11 bits per heavy atom. The van der Waals surface area contributed by atoms with Crippen molar-refractivity contribution in [1.29, 1.82) is 0 Å². The van der Waals surface area contributed by atoms with Crippen LogP contribution in [0.1, 0.15) is 47.0 Å². The molecule has 0 aromatic heterocycles. The van der Waals surface area contributed by atoms with Crippen molar-refractivity contribution in [2.75, 3.05) is 39.4 Å². The van der Waals surface area contributed by atoms with Crippen molar-refractivity contribution in [3.05, 3.63) is 0 Å². The van der Waals surface area contributed by atoms with Crippen LogP contribution in [-0.2, 0) is 4.74 Å². The quantitative estimate of drug-likeness (QED) is 0.675. The third-order valence-electron chi connectivity index (χ3n) is 4.01. The standard InChI is InChI=1S/C15H32N2O/c1-5-9-16-11-15(8-7-10-18-13-15)12-17(6-2)14(3)4/h14,16H,5-13H2,1-4H3. The molecule has 1 aliphatic heterocycles. The maximum Gasteiger partial charge on any atom is 0.0546 e. The Labute approximate surface area is 113 Å². The zero-order chi connectivity index (χ0) is 13.4. The molecule has 1 N–H and O–H groups in total. The molecule has 0 aromatic rings. The molecule has 1 rings (SSSR count). The molecule has 0 saturated carbocycles. The van der Waals surface area contributed by atoms with Gasteiger partial charge in [0.15, 0.2) is 0 Å². The lowest BCUT2D eigenvalue weighted by molar-refractivity contribution is -0.0298. The molecule has 0 amide bonds. The van der Waals surface area contributed by atoms with Gasteiger partial charge in [-0.3, -0.25) is 0 Å². The second kappa shape index (κ2) is 8.13. The van der Waals surface area contributed by atoms with Crippen molar-refractivity contribution in [2.24, 2.45) is 5.41 Å². The summed E-state index contributed by atoms with van der Waals surface area (Å²) < 4.78 is 5.77. The van der Waals surface area contributed by atoms with Gasteiger partial charge in [0.05, 0.1) is 6.61 Å². The lowest BCUT2D eigenvalue weighted by Crippen LogP contribution is -2.50. The molecular formula is C15H32N2O. The van der Waals surface area contributed by atoms with Gasteiger partial charge in [0.25, 0.3) is 0 Å². The summed E-state index contributed by atoms with van der Waals surface area (Å²) in [6.45, 7) is 15.5. The Balaban J connectivity index is 2.58. The van der Waals surface area contributed by atoms with E-state index in [1.165, 1.54) is 19.3 Å². The summed E-state index contributed by atoms with van der Waals surface area (Å²) in [6.07, 6.45) is 3.72. The molecule has 0 spiro atoms. The second-order valence-electron chi connectivity index (χ2n) is 5.99. The molecule has 0 aromatic carbocycles. The maximum absolute atomic E-state index is 5.77. The summed E-state index contributed by atoms with van der Waals surface area (Å²) >= 11 is 0. The first-order valence-electron chi connectivity index (χ1n) is 7.66. The van der Waals surface area contributed by atoms with Crippen LogP contribution in [0.25, 0.3) is 0 Å². The van der Waals surface area contributed by atoms with Gasteiger partial charge in [-0.25, -0.2) is 0 Å². The maximum atomic E-state index is 5.77. The van der Waals surface area contributed by atoms with Crippen molar-refractivity contribution < 1.29 is 4.74 Å². The highest BCUT2D eigenvalue weighted by Gasteiger charge is 2.34. The highest BCUT2D eigenvalue weighted by molar-refractivity contribution is 4.87. The fourth-order valence-corrected chi connectivity index (χ4v) is 2.85. The van der Waals surface area contributed by atoms with Gasteiger partial charge in [0.1, 0.15) is 0 Å². The monoisotopic (exact) mass is 256 g/mol. The van der Waals surface area contributed by atoms with E-state index in [9.17, 15) is 0 Å². The van der Waals surface area contributed by atoms with Crippen LogP contribution in [0.15, 0.2) is 0 Å². The molecule has 3 heteroatoms. The molecule has 1 fully saturated rings. The van der Waals surface area contributed by atoms with Crippen LogP contribution in [0, 0.1) is 5.41 Å². The van der Waals surface area contributed by atoms with Gasteiger partial charge in [-0.1, -0.05) is 13.8 Å². The van der Waals surface area contributed by atoms with E-state index in [-0.39, 0.29) is 0 Å². The number of hydrogen-bond acceptors (Lipinski definition) is 3. The SMILES string of the molecule is CCCNCC1(CN(CC)C(C)C)CCCOC1. The highest BCUT2D eigenvalue weighted by Crippen LogP contribution is 2.29. The van der Waals surface area contributed by atoms with E-state index < -0.39 is 0 Å². The molecule has 108 valence electrons. The van der Waals surface area contributed by atoms with E-state index in [0.29, 0.717) is 11.5 Å². The van der Waals surface area contributed by atoms with Gasteiger partial charge >= 0.3 is 0 Å². The van der Waals surface area contributed by atoms with Gasteiger partial charge in [0.2, 0.25) is 0 Å². The third kappa shape index (κ3) is 4.87. The van der Waals surface area contributed by atoms with E-state index in [1.807, 2.05) is 0 Å². The Hall–Kier alpha value is -0.120. The second-order valence-corrected chi connectivity index (χ2v) is 5.99. The van der Waals surface area contributed by atoms with Crippen molar-refractivity contribution in [3.8, 4) is 0 Å². The summed E-state index contributed by atoms with van der Waals surface area (Å²) in [5, 5.41) is 3.61. The number of rotatable bonds is 8. The van der Waals surface area contributed by atoms with E-state index >= 15 is 0 Å². The molecule has 1 saturated heterocycles. The van der Waals surface area contributed by atoms with E-state index in [2.05, 4.69) is 37.9 Å². The Bertz CT molecular complexity index is 213. The molecule has 3 nitrogen and oxygen atoms in total. The number of nitrogens with one attached hydrogen (secondary N) is 1. The highest BCUT2D eigenvalue weighted by atomic mass is 16.5. The van der Waals surface area contributed by atoms with Crippen LogP contribution in [0.3, 0.4) is 0 Å². The van der Waals surface area contributed by atoms with Crippen molar-refractivity contribution >= 4 is 0 Å². The smallest absolute Gasteiger partial charge is 0.0546 e. The molecule has 1 heterocycles. The van der Waals surface area contributed by atoms with Crippen LogP contribution in [-0.4, -0.2) is 50.3 Å². The summed E-state index contributed by atoms with van der Waals surface area (Å²) in [6, 6.07) is 0.625. The predicted octanol–water partition coefficient (Wildman–Crippen LogP) is 2.51. The van der Waals surface area contributed by atoms with Crippen LogP contribution in [0.2, 0.25) is 0 Å². The zero-order valence-electron chi connectivity index (χ0n) is 12.8. The minimum absolute atomic E-state index is 0.327. The van der Waals surface area contributed by atoms with Crippen LogP contribution < -0.4 is 5.32 Å². The zero-order valence-corrected chi connectivity index (χ0v) is 12.8. The van der Waals surface area contributed by atoms with E-state index in [4.69, 9.17) is 4.74 Å². The van der Waals surface area contributed by atoms with Crippen molar-refractivity contribution in [3.63, 3.8) is 0 Å². The first kappa shape index (κ1) is 15.9. The Morgan fingerprint density at radius 1 is 1.33 bits per heavy atom. The summed E-state index contributed by atoms with van der Waals surface area (Å²) in [4.78, 5) is 2.57. The normalized spacial score (nSPS) is 25.0. The molecule has 1 aliphatic rings.